The Labute approximate surface area is 141 Å². The first-order valence-electron chi connectivity index (χ1n) is 7.92. The van der Waals surface area contributed by atoms with Gasteiger partial charge in [-0.1, -0.05) is 48.5 Å². The molecule has 2 aromatic carbocycles. The van der Waals surface area contributed by atoms with E-state index in [1.807, 2.05) is 60.7 Å². The standard InChI is InChI=1S/C20H18N2O2/c21-14-16-6-8-18(9-7-16)19-10-12-22(13-11-19)20(23)24-15-17-4-2-1-3-5-17/h1-10,12,19H,11,13,15H2. The van der Waals surface area contributed by atoms with E-state index in [1.54, 1.807) is 11.1 Å². The molecule has 0 aliphatic carbocycles. The van der Waals surface area contributed by atoms with E-state index in [9.17, 15) is 4.79 Å². The fourth-order valence-corrected chi connectivity index (χ4v) is 2.69. The predicted molar refractivity (Wildman–Crippen MR) is 91.0 cm³/mol. The summed E-state index contributed by atoms with van der Waals surface area (Å²) in [7, 11) is 0. The van der Waals surface area contributed by atoms with Crippen LogP contribution in [0.15, 0.2) is 66.9 Å². The fourth-order valence-electron chi connectivity index (χ4n) is 2.69. The second kappa shape index (κ2) is 7.47. The number of benzene rings is 2. The van der Waals surface area contributed by atoms with E-state index >= 15 is 0 Å². The summed E-state index contributed by atoms with van der Waals surface area (Å²) in [4.78, 5) is 13.7. The van der Waals surface area contributed by atoms with Crippen molar-refractivity contribution < 1.29 is 9.53 Å². The molecule has 0 N–H and O–H groups in total. The molecule has 1 amide bonds. The lowest BCUT2D eigenvalue weighted by molar-refractivity contribution is 0.108. The fraction of sp³-hybridized carbons (Fsp3) is 0.200. The number of carbonyl (C=O) groups excluding carboxylic acids is 1. The van der Waals surface area contributed by atoms with Crippen molar-refractivity contribution in [1.82, 2.24) is 4.90 Å². The minimum absolute atomic E-state index is 0.260. The molecule has 1 heterocycles. The van der Waals surface area contributed by atoms with Crippen molar-refractivity contribution in [2.45, 2.75) is 18.9 Å². The summed E-state index contributed by atoms with van der Waals surface area (Å²) in [6, 6.07) is 19.3. The van der Waals surface area contributed by atoms with Gasteiger partial charge in [-0.05, 0) is 29.7 Å². The molecule has 2 aromatic rings. The minimum atomic E-state index is -0.326. The smallest absolute Gasteiger partial charge is 0.414 e. The van der Waals surface area contributed by atoms with E-state index in [0.717, 1.165) is 17.5 Å². The summed E-state index contributed by atoms with van der Waals surface area (Å²) in [6.45, 7) is 0.901. The number of amides is 1. The number of rotatable bonds is 3. The first kappa shape index (κ1) is 15.8. The Balaban J connectivity index is 1.56. The lowest BCUT2D eigenvalue weighted by Gasteiger charge is -2.26. The second-order valence-electron chi connectivity index (χ2n) is 5.70. The van der Waals surface area contributed by atoms with Crippen molar-refractivity contribution in [3.63, 3.8) is 0 Å². The van der Waals surface area contributed by atoms with E-state index in [4.69, 9.17) is 10.00 Å². The van der Waals surface area contributed by atoms with Gasteiger partial charge in [0.2, 0.25) is 0 Å². The van der Waals surface area contributed by atoms with E-state index in [1.165, 1.54) is 0 Å². The molecule has 4 heteroatoms. The van der Waals surface area contributed by atoms with Crippen LogP contribution in [-0.4, -0.2) is 17.5 Å². The van der Waals surface area contributed by atoms with E-state index in [0.29, 0.717) is 12.1 Å². The van der Waals surface area contributed by atoms with Crippen molar-refractivity contribution in [3.05, 3.63) is 83.6 Å². The number of ether oxygens (including phenoxy) is 1. The minimum Gasteiger partial charge on any atom is -0.444 e. The average molecular weight is 318 g/mol. The number of hydrogen-bond donors (Lipinski definition) is 0. The molecule has 0 fully saturated rings. The zero-order valence-electron chi connectivity index (χ0n) is 13.3. The topological polar surface area (TPSA) is 53.3 Å². The lowest BCUT2D eigenvalue weighted by Crippen LogP contribution is -2.30. The van der Waals surface area contributed by atoms with Crippen LogP contribution in [0.25, 0.3) is 0 Å². The van der Waals surface area contributed by atoms with Gasteiger partial charge >= 0.3 is 6.09 Å². The van der Waals surface area contributed by atoms with Crippen LogP contribution in [-0.2, 0) is 11.3 Å². The van der Waals surface area contributed by atoms with Gasteiger partial charge in [-0.3, -0.25) is 4.90 Å². The van der Waals surface area contributed by atoms with Gasteiger partial charge in [-0.2, -0.15) is 5.26 Å². The molecule has 3 rings (SSSR count). The largest absolute Gasteiger partial charge is 0.444 e. The Hall–Kier alpha value is -3.06. The van der Waals surface area contributed by atoms with Crippen LogP contribution < -0.4 is 0 Å². The van der Waals surface area contributed by atoms with Gasteiger partial charge < -0.3 is 4.74 Å². The second-order valence-corrected chi connectivity index (χ2v) is 5.70. The van der Waals surface area contributed by atoms with Gasteiger partial charge in [0.05, 0.1) is 11.6 Å². The average Bonchev–Trinajstić information content (AvgIpc) is 2.67. The summed E-state index contributed by atoms with van der Waals surface area (Å²) in [5, 5.41) is 8.85. The van der Waals surface area contributed by atoms with Crippen molar-refractivity contribution in [1.29, 1.82) is 5.26 Å². The third-order valence-corrected chi connectivity index (χ3v) is 4.09. The van der Waals surface area contributed by atoms with Crippen LogP contribution in [0.2, 0.25) is 0 Å². The van der Waals surface area contributed by atoms with Gasteiger partial charge in [0.25, 0.3) is 0 Å². The summed E-state index contributed by atoms with van der Waals surface area (Å²) in [5.41, 5.74) is 2.79. The molecule has 120 valence electrons. The summed E-state index contributed by atoms with van der Waals surface area (Å²) in [6.07, 6.45) is 4.31. The van der Waals surface area contributed by atoms with Crippen LogP contribution >= 0.6 is 0 Å². The first-order valence-corrected chi connectivity index (χ1v) is 7.92. The summed E-state index contributed by atoms with van der Waals surface area (Å²) >= 11 is 0. The van der Waals surface area contributed by atoms with Crippen molar-refractivity contribution in [3.8, 4) is 6.07 Å². The quantitative estimate of drug-likeness (QED) is 0.852. The molecule has 1 aliphatic rings. The number of carbonyl (C=O) groups is 1. The SMILES string of the molecule is N#Cc1ccc(C2C=CN(C(=O)OCc3ccccc3)CC2)cc1. The van der Waals surface area contributed by atoms with Crippen LogP contribution in [0.5, 0.6) is 0 Å². The third kappa shape index (κ3) is 3.82. The summed E-state index contributed by atoms with van der Waals surface area (Å²) in [5.74, 6) is 0.260. The van der Waals surface area contributed by atoms with Gasteiger partial charge in [0.1, 0.15) is 6.61 Å². The Morgan fingerprint density at radius 3 is 2.54 bits per heavy atom. The molecular weight excluding hydrogens is 300 g/mol. The third-order valence-electron chi connectivity index (χ3n) is 4.09. The normalized spacial score (nSPS) is 16.5. The lowest BCUT2D eigenvalue weighted by atomic mass is 9.93. The van der Waals surface area contributed by atoms with Gasteiger partial charge in [0, 0.05) is 18.7 Å². The monoisotopic (exact) mass is 318 g/mol. The highest BCUT2D eigenvalue weighted by molar-refractivity contribution is 5.69. The Morgan fingerprint density at radius 1 is 1.17 bits per heavy atom. The molecular formula is C20H18N2O2. The predicted octanol–water partition coefficient (Wildman–Crippen LogP) is 4.20. The Bertz CT molecular complexity index is 760. The van der Waals surface area contributed by atoms with Gasteiger partial charge in [0.15, 0.2) is 0 Å². The molecule has 0 spiro atoms. The van der Waals surface area contributed by atoms with E-state index < -0.39 is 0 Å². The van der Waals surface area contributed by atoms with Crippen molar-refractivity contribution in [2.24, 2.45) is 0 Å². The highest BCUT2D eigenvalue weighted by Gasteiger charge is 2.20. The van der Waals surface area contributed by atoms with Gasteiger partial charge in [-0.25, -0.2) is 4.79 Å². The molecule has 0 aromatic heterocycles. The molecule has 1 aliphatic heterocycles. The zero-order chi connectivity index (χ0) is 16.8. The Morgan fingerprint density at radius 2 is 1.92 bits per heavy atom. The summed E-state index contributed by atoms with van der Waals surface area (Å²) < 4.78 is 5.34. The maximum atomic E-state index is 12.1. The Kier molecular flexibility index (Phi) is 4.93. The van der Waals surface area contributed by atoms with Crippen LogP contribution in [0, 0.1) is 11.3 Å². The van der Waals surface area contributed by atoms with Crippen LogP contribution in [0.1, 0.15) is 29.0 Å². The zero-order valence-corrected chi connectivity index (χ0v) is 13.3. The van der Waals surface area contributed by atoms with Crippen LogP contribution in [0.3, 0.4) is 0 Å². The highest BCUT2D eigenvalue weighted by Crippen LogP contribution is 2.26. The van der Waals surface area contributed by atoms with Gasteiger partial charge in [-0.15, -0.1) is 0 Å². The number of hydrogen-bond acceptors (Lipinski definition) is 3. The van der Waals surface area contributed by atoms with Crippen LogP contribution in [0.4, 0.5) is 4.79 Å². The van der Waals surface area contributed by atoms with E-state index in [-0.39, 0.29) is 18.6 Å². The molecule has 0 saturated heterocycles. The molecule has 0 radical (unpaired) electrons. The molecule has 1 atom stereocenters. The molecule has 1 unspecified atom stereocenters. The van der Waals surface area contributed by atoms with E-state index in [2.05, 4.69) is 6.07 Å². The number of nitrogens with zero attached hydrogens (tertiary/aromatic N) is 2. The maximum Gasteiger partial charge on any atom is 0.414 e. The van der Waals surface area contributed by atoms with Crippen molar-refractivity contribution >= 4 is 6.09 Å². The molecule has 24 heavy (non-hydrogen) atoms. The number of nitriles is 1. The highest BCUT2D eigenvalue weighted by atomic mass is 16.6. The first-order chi connectivity index (χ1) is 11.8. The molecule has 4 nitrogen and oxygen atoms in total. The maximum absolute atomic E-state index is 12.1. The van der Waals surface area contributed by atoms with Crippen molar-refractivity contribution in [2.75, 3.05) is 6.54 Å². The molecule has 0 saturated carbocycles. The molecule has 0 bridgehead atoms. The number of allylic oxidation sites excluding steroid dienone is 1.